The number of carbonyl (C=O) groups is 1. The van der Waals surface area contributed by atoms with Gasteiger partial charge in [0, 0.05) is 18.3 Å². The van der Waals surface area contributed by atoms with Crippen LogP contribution in [0.5, 0.6) is 0 Å². The third-order valence-corrected chi connectivity index (χ3v) is 3.98. The summed E-state index contributed by atoms with van der Waals surface area (Å²) in [6.07, 6.45) is -2.08. The number of hydrogen-bond donors (Lipinski definition) is 1. The summed E-state index contributed by atoms with van der Waals surface area (Å²) in [6, 6.07) is -1.15. The van der Waals surface area contributed by atoms with Crippen LogP contribution in [-0.2, 0) is 16.1 Å². The number of fused-ring (bicyclic) bond motifs is 1. The monoisotopic (exact) mass is 370 g/mol. The van der Waals surface area contributed by atoms with Gasteiger partial charge >= 0.3 is 12.1 Å². The minimum absolute atomic E-state index is 0.0579. The van der Waals surface area contributed by atoms with Crippen molar-refractivity contribution >= 4 is 11.9 Å². The second kappa shape index (κ2) is 6.46. The van der Waals surface area contributed by atoms with Crippen molar-refractivity contribution in [3.8, 4) is 0 Å². The normalized spacial score (nSPS) is 17.1. The molecule has 0 aliphatic carbocycles. The molecule has 2 aromatic heterocycles. The van der Waals surface area contributed by atoms with Crippen LogP contribution in [0.15, 0.2) is 23.8 Å². The number of hydrogen-bond acceptors (Lipinski definition) is 6. The number of rotatable bonds is 4. The Morgan fingerprint density at radius 2 is 2.12 bits per heavy atom. The Balaban J connectivity index is 2.27. The van der Waals surface area contributed by atoms with Crippen LogP contribution in [0, 0.1) is 6.92 Å². The van der Waals surface area contributed by atoms with E-state index in [1.165, 1.54) is 11.6 Å². The van der Waals surface area contributed by atoms with Crippen molar-refractivity contribution in [1.29, 1.82) is 0 Å². The summed E-state index contributed by atoms with van der Waals surface area (Å²) in [4.78, 5) is 16.3. The van der Waals surface area contributed by atoms with Gasteiger partial charge in [0.25, 0.3) is 0 Å². The molecule has 0 spiro atoms. The summed E-state index contributed by atoms with van der Waals surface area (Å²) in [7, 11) is 0. The molecule has 140 valence electrons. The quantitative estimate of drug-likeness (QED) is 0.831. The van der Waals surface area contributed by atoms with Gasteiger partial charge in [0.15, 0.2) is 0 Å². The van der Waals surface area contributed by atoms with Gasteiger partial charge in [-0.05, 0) is 20.8 Å². The summed E-state index contributed by atoms with van der Waals surface area (Å²) in [6.45, 7) is 5.51. The summed E-state index contributed by atoms with van der Waals surface area (Å²) < 4.78 is 48.6. The average molecular weight is 370 g/mol. The van der Waals surface area contributed by atoms with Crippen molar-refractivity contribution in [3.05, 3.63) is 35.1 Å². The van der Waals surface area contributed by atoms with Crippen molar-refractivity contribution in [1.82, 2.24) is 24.5 Å². The second-order valence-electron chi connectivity index (χ2n) is 5.59. The third kappa shape index (κ3) is 2.93. The van der Waals surface area contributed by atoms with Crippen molar-refractivity contribution in [2.24, 2.45) is 0 Å². The van der Waals surface area contributed by atoms with E-state index in [1.54, 1.807) is 17.8 Å². The van der Waals surface area contributed by atoms with E-state index in [1.807, 2.05) is 6.92 Å². The van der Waals surface area contributed by atoms with Gasteiger partial charge in [-0.2, -0.15) is 28.4 Å². The number of nitrogens with one attached hydrogen (secondary N) is 1. The Hall–Kier alpha value is -2.85. The van der Waals surface area contributed by atoms with E-state index in [4.69, 9.17) is 4.74 Å². The average Bonchev–Trinajstić information content (AvgIpc) is 3.18. The zero-order valence-electron chi connectivity index (χ0n) is 14.3. The zero-order valence-corrected chi connectivity index (χ0v) is 14.3. The van der Waals surface area contributed by atoms with Gasteiger partial charge < -0.3 is 10.1 Å². The predicted octanol–water partition coefficient (Wildman–Crippen LogP) is 2.20. The molecule has 2 aromatic rings. The standard InChI is InChI=1S/C15H17F3N6O2/c1-4-23-6-9(8(3)22-23)11-10(13(25)26-5-2)12(15(16,17)18)21-14-19-7-20-24(11)14/h6-7,11H,4-5H2,1-3H3,(H,19,20,21). The molecular formula is C15H17F3N6O2. The van der Waals surface area contributed by atoms with Gasteiger partial charge in [-0.25, -0.2) is 9.48 Å². The van der Waals surface area contributed by atoms with Crippen LogP contribution < -0.4 is 5.32 Å². The fourth-order valence-corrected chi connectivity index (χ4v) is 2.86. The van der Waals surface area contributed by atoms with Crippen molar-refractivity contribution in [2.45, 2.75) is 39.5 Å². The molecule has 0 radical (unpaired) electrons. The highest BCUT2D eigenvalue weighted by molar-refractivity contribution is 5.92. The molecule has 26 heavy (non-hydrogen) atoms. The molecule has 8 nitrogen and oxygen atoms in total. The van der Waals surface area contributed by atoms with Gasteiger partial charge in [-0.1, -0.05) is 0 Å². The van der Waals surface area contributed by atoms with Crippen LogP contribution in [-0.4, -0.2) is 43.3 Å². The largest absolute Gasteiger partial charge is 0.463 e. The Kier molecular flexibility index (Phi) is 4.46. The number of nitrogens with zero attached hydrogens (tertiary/aromatic N) is 5. The van der Waals surface area contributed by atoms with Crippen LogP contribution in [0.3, 0.4) is 0 Å². The molecule has 3 heterocycles. The predicted molar refractivity (Wildman–Crippen MR) is 84.1 cm³/mol. The molecule has 0 fully saturated rings. The fourth-order valence-electron chi connectivity index (χ4n) is 2.86. The molecule has 1 N–H and O–H groups in total. The summed E-state index contributed by atoms with van der Waals surface area (Å²) >= 11 is 0. The summed E-state index contributed by atoms with van der Waals surface area (Å²) in [5.41, 5.74) is -0.866. The van der Waals surface area contributed by atoms with Gasteiger partial charge in [0.2, 0.25) is 5.95 Å². The molecule has 1 atom stereocenters. The molecule has 1 aliphatic rings. The molecule has 3 rings (SSSR count). The lowest BCUT2D eigenvalue weighted by Crippen LogP contribution is -2.35. The summed E-state index contributed by atoms with van der Waals surface area (Å²) in [5, 5.41) is 10.4. The van der Waals surface area contributed by atoms with Crippen LogP contribution in [0.25, 0.3) is 0 Å². The topological polar surface area (TPSA) is 86.9 Å². The third-order valence-electron chi connectivity index (χ3n) is 3.98. The van der Waals surface area contributed by atoms with Crippen LogP contribution >= 0.6 is 0 Å². The number of carbonyl (C=O) groups excluding carboxylic acids is 1. The maximum absolute atomic E-state index is 13.6. The molecule has 0 bridgehead atoms. The number of aryl methyl sites for hydroxylation is 2. The first-order valence-electron chi connectivity index (χ1n) is 7.96. The van der Waals surface area contributed by atoms with Crippen molar-refractivity contribution < 1.29 is 22.7 Å². The zero-order chi connectivity index (χ0) is 19.1. The summed E-state index contributed by atoms with van der Waals surface area (Å²) in [5.74, 6) is -1.18. The lowest BCUT2D eigenvalue weighted by molar-refractivity contribution is -0.140. The maximum atomic E-state index is 13.6. The van der Waals surface area contributed by atoms with Gasteiger partial charge in [0.05, 0.1) is 17.9 Å². The maximum Gasteiger partial charge on any atom is 0.431 e. The number of alkyl halides is 3. The molecule has 1 unspecified atom stereocenters. The minimum atomic E-state index is -4.80. The van der Waals surface area contributed by atoms with E-state index in [0.29, 0.717) is 17.8 Å². The highest BCUT2D eigenvalue weighted by Crippen LogP contribution is 2.41. The van der Waals surface area contributed by atoms with Crippen molar-refractivity contribution in [3.63, 3.8) is 0 Å². The lowest BCUT2D eigenvalue weighted by atomic mass is 9.95. The highest BCUT2D eigenvalue weighted by atomic mass is 19.4. The van der Waals surface area contributed by atoms with Gasteiger partial charge in [-0.3, -0.25) is 4.68 Å². The van der Waals surface area contributed by atoms with E-state index >= 15 is 0 Å². The molecular weight excluding hydrogens is 353 g/mol. The lowest BCUT2D eigenvalue weighted by Gasteiger charge is -2.29. The van der Waals surface area contributed by atoms with E-state index in [2.05, 4.69) is 20.5 Å². The molecule has 0 saturated carbocycles. The molecule has 11 heteroatoms. The first-order valence-corrected chi connectivity index (χ1v) is 7.96. The Bertz CT molecular complexity index is 867. The van der Waals surface area contributed by atoms with Crippen LogP contribution in [0.4, 0.5) is 19.1 Å². The molecule has 0 amide bonds. The number of anilines is 1. The van der Waals surface area contributed by atoms with E-state index in [0.717, 1.165) is 6.33 Å². The first-order chi connectivity index (χ1) is 12.3. The van der Waals surface area contributed by atoms with E-state index < -0.39 is 29.5 Å². The number of ether oxygens (including phenoxy) is 1. The molecule has 1 aliphatic heterocycles. The minimum Gasteiger partial charge on any atom is -0.463 e. The van der Waals surface area contributed by atoms with Crippen LogP contribution in [0.2, 0.25) is 0 Å². The van der Waals surface area contributed by atoms with Gasteiger partial charge in [-0.15, -0.1) is 0 Å². The number of allylic oxidation sites excluding steroid dienone is 1. The molecule has 0 aromatic carbocycles. The first kappa shape index (κ1) is 18.0. The number of esters is 1. The van der Waals surface area contributed by atoms with Crippen LogP contribution in [0.1, 0.15) is 31.1 Å². The smallest absolute Gasteiger partial charge is 0.431 e. The Morgan fingerprint density at radius 3 is 2.69 bits per heavy atom. The highest BCUT2D eigenvalue weighted by Gasteiger charge is 2.47. The Morgan fingerprint density at radius 1 is 1.38 bits per heavy atom. The Labute approximate surface area is 146 Å². The van der Waals surface area contributed by atoms with Crippen molar-refractivity contribution in [2.75, 3.05) is 11.9 Å². The van der Waals surface area contributed by atoms with Gasteiger partial charge in [0.1, 0.15) is 18.1 Å². The number of halogens is 3. The second-order valence-corrected chi connectivity index (χ2v) is 5.59. The number of aromatic nitrogens is 5. The van der Waals surface area contributed by atoms with E-state index in [-0.39, 0.29) is 12.6 Å². The fraction of sp³-hybridized carbons (Fsp3) is 0.467. The molecule has 0 saturated heterocycles. The SMILES string of the molecule is CCOC(=O)C1=C(C(F)(F)F)Nc2ncnn2C1c1cn(CC)nc1C. The van der Waals surface area contributed by atoms with E-state index in [9.17, 15) is 18.0 Å².